The van der Waals surface area contributed by atoms with E-state index in [1.54, 1.807) is 38.1 Å². The summed E-state index contributed by atoms with van der Waals surface area (Å²) in [6.07, 6.45) is -3.69. The van der Waals surface area contributed by atoms with Crippen LogP contribution in [0.3, 0.4) is 0 Å². The molecule has 0 amide bonds. The molecule has 182 valence electrons. The predicted octanol–water partition coefficient (Wildman–Crippen LogP) is 3.69. The maximum absolute atomic E-state index is 15.6. The Kier molecular flexibility index (Phi) is 9.56. The van der Waals surface area contributed by atoms with E-state index in [0.29, 0.717) is 12.0 Å². The van der Waals surface area contributed by atoms with Gasteiger partial charge in [0.15, 0.2) is 6.17 Å². The van der Waals surface area contributed by atoms with Crippen LogP contribution in [0.5, 0.6) is 0 Å². The molecule has 0 saturated heterocycles. The Morgan fingerprint density at radius 1 is 1.24 bits per heavy atom. The number of carbonyl (C=O) groups is 2. The number of rotatable bonds is 4. The van der Waals surface area contributed by atoms with E-state index in [4.69, 9.17) is 9.47 Å². The molecule has 7 atom stereocenters. The lowest BCUT2D eigenvalue weighted by Gasteiger charge is -2.32. The van der Waals surface area contributed by atoms with Gasteiger partial charge in [-0.05, 0) is 51.2 Å². The van der Waals surface area contributed by atoms with Gasteiger partial charge >= 0.3 is 5.97 Å². The second kappa shape index (κ2) is 11.7. The molecule has 1 aliphatic heterocycles. The number of halogens is 1. The van der Waals surface area contributed by atoms with Crippen LogP contribution in [0.4, 0.5) is 4.39 Å². The van der Waals surface area contributed by atoms with Crippen molar-refractivity contribution < 1.29 is 33.7 Å². The molecule has 0 aliphatic carbocycles. The summed E-state index contributed by atoms with van der Waals surface area (Å²) in [4.78, 5) is 25.9. The van der Waals surface area contributed by atoms with Crippen LogP contribution in [-0.4, -0.2) is 52.1 Å². The van der Waals surface area contributed by atoms with Crippen LogP contribution in [0.2, 0.25) is 0 Å². The third-order valence-electron chi connectivity index (χ3n) is 6.12. The molecule has 0 unspecified atom stereocenters. The number of esters is 1. The first-order chi connectivity index (χ1) is 15.5. The zero-order valence-corrected chi connectivity index (χ0v) is 20.0. The lowest BCUT2D eigenvalue weighted by atomic mass is 9.82. The fraction of sp³-hybridized carbons (Fsp3) is 0.577. The molecule has 1 aromatic rings. The van der Waals surface area contributed by atoms with Gasteiger partial charge in [0.05, 0.1) is 18.6 Å². The molecule has 0 radical (unpaired) electrons. The monoisotopic (exact) mass is 462 g/mol. The van der Waals surface area contributed by atoms with Crippen LogP contribution in [0.1, 0.15) is 53.0 Å². The number of hydrogen-bond acceptors (Lipinski definition) is 6. The highest BCUT2D eigenvalue weighted by atomic mass is 19.1. The number of ketones is 1. The maximum atomic E-state index is 15.6. The van der Waals surface area contributed by atoms with Gasteiger partial charge in [-0.15, -0.1) is 5.73 Å². The Hall–Kier alpha value is -2.31. The van der Waals surface area contributed by atoms with Crippen molar-refractivity contribution in [2.75, 3.05) is 0 Å². The first kappa shape index (κ1) is 26.9. The molecule has 1 aliphatic rings. The lowest BCUT2D eigenvalue weighted by molar-refractivity contribution is -0.165. The normalized spacial score (nSPS) is 34.4. The second-order valence-electron chi connectivity index (χ2n) is 9.09. The number of aliphatic hydroxyl groups excluding tert-OH is 1. The number of alkyl halides is 1. The summed E-state index contributed by atoms with van der Waals surface area (Å²) in [6.45, 7) is 7.86. The molecular weight excluding hydrogens is 427 g/mol. The van der Waals surface area contributed by atoms with Gasteiger partial charge in [0.2, 0.25) is 5.78 Å². The highest BCUT2D eigenvalue weighted by Gasteiger charge is 2.45. The Labute approximate surface area is 195 Å². The van der Waals surface area contributed by atoms with Crippen molar-refractivity contribution in [2.24, 2.45) is 11.8 Å². The van der Waals surface area contributed by atoms with Gasteiger partial charge in [0.1, 0.15) is 17.8 Å². The standard InChI is InChI=1S/C26H35FO6/c1-6-21-16(2)12-13-20(28)17(3)14-26(5,31)24(29)22(27)23(18(4)25(30)33-21)32-15-19-10-8-7-9-11-19/h7-11,13,17-18,20-23,28,31H,6,14-15H2,1-5H3/t12?,17-,18-,20-,21-,22-,23+,26-/m1/s1. The van der Waals surface area contributed by atoms with Gasteiger partial charge in [-0.3, -0.25) is 9.59 Å². The van der Waals surface area contributed by atoms with E-state index in [0.717, 1.165) is 5.56 Å². The Bertz CT molecular complexity index is 874. The maximum Gasteiger partial charge on any atom is 0.312 e. The molecule has 33 heavy (non-hydrogen) atoms. The molecule has 2 N–H and O–H groups in total. The summed E-state index contributed by atoms with van der Waals surface area (Å²) in [5.74, 6) is -3.48. The van der Waals surface area contributed by atoms with Crippen molar-refractivity contribution in [3.63, 3.8) is 0 Å². The fourth-order valence-corrected chi connectivity index (χ4v) is 3.88. The molecule has 0 bridgehead atoms. The van der Waals surface area contributed by atoms with E-state index in [-0.39, 0.29) is 13.0 Å². The Morgan fingerprint density at radius 3 is 2.48 bits per heavy atom. The van der Waals surface area contributed by atoms with Crippen molar-refractivity contribution in [3.05, 3.63) is 53.3 Å². The van der Waals surface area contributed by atoms with Gasteiger partial charge in [0, 0.05) is 5.57 Å². The lowest BCUT2D eigenvalue weighted by Crippen LogP contribution is -2.50. The number of carbonyl (C=O) groups excluding carboxylic acids is 2. The Balaban J connectivity index is 2.45. The summed E-state index contributed by atoms with van der Waals surface area (Å²) < 4.78 is 26.9. The van der Waals surface area contributed by atoms with Crippen molar-refractivity contribution in [2.45, 2.75) is 84.2 Å². The molecule has 1 heterocycles. The van der Waals surface area contributed by atoms with Crippen molar-refractivity contribution >= 4 is 11.8 Å². The predicted molar refractivity (Wildman–Crippen MR) is 122 cm³/mol. The van der Waals surface area contributed by atoms with Crippen LogP contribution in [-0.2, 0) is 25.7 Å². The van der Waals surface area contributed by atoms with Crippen LogP contribution >= 0.6 is 0 Å². The third kappa shape index (κ3) is 7.08. The van der Waals surface area contributed by atoms with Gasteiger partial charge in [-0.1, -0.05) is 44.2 Å². The third-order valence-corrected chi connectivity index (χ3v) is 6.12. The van der Waals surface area contributed by atoms with E-state index >= 15 is 4.39 Å². The molecule has 0 aromatic heterocycles. The van der Waals surface area contributed by atoms with E-state index in [2.05, 4.69) is 5.73 Å². The van der Waals surface area contributed by atoms with Crippen LogP contribution < -0.4 is 0 Å². The van der Waals surface area contributed by atoms with E-state index in [1.165, 1.54) is 19.9 Å². The summed E-state index contributed by atoms with van der Waals surface area (Å²) in [6, 6.07) is 9.00. The second-order valence-corrected chi connectivity index (χ2v) is 9.09. The summed E-state index contributed by atoms with van der Waals surface area (Å²) >= 11 is 0. The summed E-state index contributed by atoms with van der Waals surface area (Å²) in [5.41, 5.74) is 2.23. The molecule has 0 spiro atoms. The largest absolute Gasteiger partial charge is 0.457 e. The van der Waals surface area contributed by atoms with Crippen molar-refractivity contribution in [1.29, 1.82) is 0 Å². The molecule has 0 fully saturated rings. The van der Waals surface area contributed by atoms with Gasteiger partial charge in [-0.2, -0.15) is 0 Å². The first-order valence-electron chi connectivity index (χ1n) is 11.4. The molecular formula is C26H35FO6. The number of aliphatic hydroxyl groups is 2. The number of cyclic esters (lactones) is 1. The minimum Gasteiger partial charge on any atom is -0.457 e. The smallest absolute Gasteiger partial charge is 0.312 e. The minimum absolute atomic E-state index is 0.0209. The highest BCUT2D eigenvalue weighted by molar-refractivity contribution is 5.91. The SMILES string of the molecule is CC[C@H]1OC(=O)[C@H](C)[C@H](OCc2ccccc2)[C@@H](F)C(=O)[C@](C)(O)C[C@@H](C)[C@H](O)C=C=C1C. The minimum atomic E-state index is -2.27. The van der Waals surface area contributed by atoms with Gasteiger partial charge < -0.3 is 19.7 Å². The number of ether oxygens (including phenoxy) is 2. The fourth-order valence-electron chi connectivity index (χ4n) is 3.88. The van der Waals surface area contributed by atoms with Crippen molar-refractivity contribution in [3.8, 4) is 0 Å². The first-order valence-corrected chi connectivity index (χ1v) is 11.4. The molecule has 1 aromatic carbocycles. The average molecular weight is 463 g/mol. The Morgan fingerprint density at radius 2 is 1.88 bits per heavy atom. The number of Topliss-reactive ketones (excluding diaryl/α,β-unsaturated/α-hetero) is 1. The molecule has 6 nitrogen and oxygen atoms in total. The topological polar surface area (TPSA) is 93.1 Å². The molecule has 0 saturated carbocycles. The average Bonchev–Trinajstić information content (AvgIpc) is 2.79. The van der Waals surface area contributed by atoms with Gasteiger partial charge in [0.25, 0.3) is 0 Å². The van der Waals surface area contributed by atoms with Crippen LogP contribution in [0.15, 0.2) is 47.7 Å². The highest BCUT2D eigenvalue weighted by Crippen LogP contribution is 2.28. The van der Waals surface area contributed by atoms with E-state index in [1.807, 2.05) is 13.0 Å². The number of hydrogen-bond donors (Lipinski definition) is 2. The number of benzene rings is 1. The van der Waals surface area contributed by atoms with E-state index < -0.39 is 53.7 Å². The zero-order valence-electron chi connectivity index (χ0n) is 20.0. The van der Waals surface area contributed by atoms with Crippen LogP contribution in [0, 0.1) is 11.8 Å². The van der Waals surface area contributed by atoms with Gasteiger partial charge in [-0.25, -0.2) is 4.39 Å². The van der Waals surface area contributed by atoms with Crippen LogP contribution in [0.25, 0.3) is 0 Å². The molecule has 2 rings (SSSR count). The molecule has 7 heteroatoms. The quantitative estimate of drug-likeness (QED) is 0.524. The summed E-state index contributed by atoms with van der Waals surface area (Å²) in [7, 11) is 0. The van der Waals surface area contributed by atoms with E-state index in [9.17, 15) is 19.8 Å². The summed E-state index contributed by atoms with van der Waals surface area (Å²) in [5, 5.41) is 21.2. The zero-order chi connectivity index (χ0) is 24.8. The van der Waals surface area contributed by atoms with Crippen molar-refractivity contribution in [1.82, 2.24) is 0 Å².